The lowest BCUT2D eigenvalue weighted by molar-refractivity contribution is 0.613. The molecule has 2 N–H and O–H groups in total. The summed E-state index contributed by atoms with van der Waals surface area (Å²) in [6, 6.07) is 0. The fourth-order valence-electron chi connectivity index (χ4n) is 0.486. The van der Waals surface area contributed by atoms with Crippen molar-refractivity contribution in [2.75, 3.05) is 6.54 Å². The van der Waals surface area contributed by atoms with Gasteiger partial charge in [-0.05, 0) is 13.3 Å². The van der Waals surface area contributed by atoms with Crippen molar-refractivity contribution in [2.24, 2.45) is 10.7 Å². The van der Waals surface area contributed by atoms with E-state index < -0.39 is 0 Å². The average molecular weight is 144 g/mol. The first-order valence-electron chi connectivity index (χ1n) is 3.28. The fraction of sp³-hybridized carbons (Fsp3) is 0.571. The molecule has 58 valence electrons. The molecule has 0 saturated carbocycles. The van der Waals surface area contributed by atoms with E-state index in [4.69, 9.17) is 5.73 Å². The average Bonchev–Trinajstić information content (AvgIpc) is 1.85. The third kappa shape index (κ3) is 5.28. The van der Waals surface area contributed by atoms with Crippen molar-refractivity contribution in [1.29, 1.82) is 0 Å². The van der Waals surface area contributed by atoms with Crippen LogP contribution in [0.4, 0.5) is 4.39 Å². The van der Waals surface area contributed by atoms with E-state index in [-0.39, 0.29) is 12.4 Å². The second-order valence-electron chi connectivity index (χ2n) is 2.02. The quantitative estimate of drug-likeness (QED) is 0.474. The van der Waals surface area contributed by atoms with Crippen molar-refractivity contribution in [1.82, 2.24) is 0 Å². The summed E-state index contributed by atoms with van der Waals surface area (Å²) < 4.78 is 12.5. The summed E-state index contributed by atoms with van der Waals surface area (Å²) in [5, 5.41) is 0. The highest BCUT2D eigenvalue weighted by molar-refractivity contribution is 5.77. The molecule has 3 heteroatoms. The van der Waals surface area contributed by atoms with Gasteiger partial charge in [-0.3, -0.25) is 4.99 Å². The van der Waals surface area contributed by atoms with Gasteiger partial charge in [0, 0.05) is 0 Å². The molecule has 0 aromatic carbocycles. The fourth-order valence-corrected chi connectivity index (χ4v) is 0.486. The molecule has 0 radical (unpaired) electrons. The zero-order valence-corrected chi connectivity index (χ0v) is 6.39. The van der Waals surface area contributed by atoms with Gasteiger partial charge in [0.25, 0.3) is 0 Å². The molecular weight excluding hydrogens is 131 g/mol. The van der Waals surface area contributed by atoms with Crippen molar-refractivity contribution in [2.45, 2.75) is 20.3 Å². The Morgan fingerprint density at radius 1 is 1.70 bits per heavy atom. The lowest BCUT2D eigenvalue weighted by atomic mass is 10.4. The zero-order valence-electron chi connectivity index (χ0n) is 6.39. The van der Waals surface area contributed by atoms with E-state index in [1.807, 2.05) is 6.92 Å². The van der Waals surface area contributed by atoms with Gasteiger partial charge < -0.3 is 5.73 Å². The van der Waals surface area contributed by atoms with Crippen LogP contribution in [0, 0.1) is 0 Å². The molecule has 0 saturated heterocycles. The second kappa shape index (κ2) is 4.97. The number of rotatable bonds is 3. The Bertz CT molecular complexity index is 146. The van der Waals surface area contributed by atoms with Gasteiger partial charge in [-0.1, -0.05) is 13.0 Å². The topological polar surface area (TPSA) is 38.4 Å². The van der Waals surface area contributed by atoms with Gasteiger partial charge in [-0.25, -0.2) is 4.39 Å². The maximum Gasteiger partial charge on any atom is 0.117 e. The van der Waals surface area contributed by atoms with Crippen LogP contribution in [-0.4, -0.2) is 12.4 Å². The van der Waals surface area contributed by atoms with Crippen LogP contribution < -0.4 is 5.73 Å². The van der Waals surface area contributed by atoms with Crippen molar-refractivity contribution in [3.05, 3.63) is 11.9 Å². The first-order chi connectivity index (χ1) is 4.66. The molecule has 0 bridgehead atoms. The molecule has 0 atom stereocenters. The Morgan fingerprint density at radius 3 is 2.70 bits per heavy atom. The van der Waals surface area contributed by atoms with Crippen LogP contribution in [0.2, 0.25) is 0 Å². The Hall–Kier alpha value is -0.860. The van der Waals surface area contributed by atoms with Crippen LogP contribution in [0.1, 0.15) is 20.3 Å². The summed E-state index contributed by atoms with van der Waals surface area (Å²) in [6.07, 6.45) is 2.19. The third-order valence-electron chi connectivity index (χ3n) is 0.905. The van der Waals surface area contributed by atoms with Gasteiger partial charge in [0.15, 0.2) is 0 Å². The summed E-state index contributed by atoms with van der Waals surface area (Å²) in [6.45, 7) is 3.59. The van der Waals surface area contributed by atoms with Gasteiger partial charge in [0.1, 0.15) is 5.83 Å². The molecule has 2 nitrogen and oxygen atoms in total. The zero-order chi connectivity index (χ0) is 7.98. The van der Waals surface area contributed by atoms with Crippen LogP contribution >= 0.6 is 0 Å². The predicted octanol–water partition coefficient (Wildman–Crippen LogP) is 1.63. The first kappa shape index (κ1) is 9.14. The number of halogens is 1. The van der Waals surface area contributed by atoms with E-state index in [1.165, 1.54) is 6.08 Å². The highest BCUT2D eigenvalue weighted by atomic mass is 19.1. The highest BCUT2D eigenvalue weighted by Gasteiger charge is 1.89. The Kier molecular flexibility index (Phi) is 4.54. The Balaban J connectivity index is 3.69. The smallest absolute Gasteiger partial charge is 0.117 e. The second-order valence-corrected chi connectivity index (χ2v) is 2.02. The van der Waals surface area contributed by atoms with Gasteiger partial charge in [-0.2, -0.15) is 0 Å². The number of nitrogens with zero attached hydrogens (tertiary/aromatic N) is 1. The monoisotopic (exact) mass is 144 g/mol. The SMILES string of the molecule is CC/C=C(/F)CN=C(C)N. The Labute approximate surface area is 60.6 Å². The molecule has 0 fully saturated rings. The molecule has 0 rings (SSSR count). The molecule has 0 amide bonds. The molecule has 0 aromatic rings. The van der Waals surface area contributed by atoms with Crippen molar-refractivity contribution < 1.29 is 4.39 Å². The molecule has 10 heavy (non-hydrogen) atoms. The minimum atomic E-state index is -0.215. The summed E-state index contributed by atoms with van der Waals surface area (Å²) >= 11 is 0. The van der Waals surface area contributed by atoms with E-state index in [1.54, 1.807) is 6.92 Å². The maximum atomic E-state index is 12.5. The number of aliphatic imine (C=N–C) groups is 1. The van der Waals surface area contributed by atoms with Crippen molar-refractivity contribution in [3.63, 3.8) is 0 Å². The normalized spacial score (nSPS) is 13.9. The van der Waals surface area contributed by atoms with Gasteiger partial charge in [0.05, 0.1) is 12.4 Å². The minimum absolute atomic E-state index is 0.0795. The number of hydrogen-bond acceptors (Lipinski definition) is 1. The lowest BCUT2D eigenvalue weighted by Crippen LogP contribution is -2.05. The molecule has 0 unspecified atom stereocenters. The van der Waals surface area contributed by atoms with Gasteiger partial charge in [-0.15, -0.1) is 0 Å². The van der Waals surface area contributed by atoms with E-state index in [0.717, 1.165) is 0 Å². The third-order valence-corrected chi connectivity index (χ3v) is 0.905. The molecule has 0 aliphatic rings. The number of hydrogen-bond donors (Lipinski definition) is 1. The molecule has 0 aliphatic carbocycles. The van der Waals surface area contributed by atoms with E-state index in [0.29, 0.717) is 12.3 Å². The van der Waals surface area contributed by atoms with Crippen LogP contribution in [0.25, 0.3) is 0 Å². The summed E-state index contributed by atoms with van der Waals surface area (Å²) in [5.74, 6) is 0.201. The maximum absolute atomic E-state index is 12.5. The largest absolute Gasteiger partial charge is 0.388 e. The van der Waals surface area contributed by atoms with Crippen LogP contribution in [-0.2, 0) is 0 Å². The summed E-state index contributed by atoms with van der Waals surface area (Å²) in [4.78, 5) is 3.69. The van der Waals surface area contributed by atoms with Crippen LogP contribution in [0.5, 0.6) is 0 Å². The molecule has 0 heterocycles. The van der Waals surface area contributed by atoms with E-state index >= 15 is 0 Å². The molecular formula is C7H13FN2. The number of allylic oxidation sites excluding steroid dienone is 1. The van der Waals surface area contributed by atoms with Gasteiger partial charge in [0.2, 0.25) is 0 Å². The first-order valence-corrected chi connectivity index (χ1v) is 3.28. The Morgan fingerprint density at radius 2 is 2.30 bits per heavy atom. The van der Waals surface area contributed by atoms with Gasteiger partial charge >= 0.3 is 0 Å². The van der Waals surface area contributed by atoms with Crippen LogP contribution in [0.15, 0.2) is 16.9 Å². The summed E-state index contributed by atoms with van der Waals surface area (Å²) in [5.41, 5.74) is 5.19. The van der Waals surface area contributed by atoms with Crippen molar-refractivity contribution in [3.8, 4) is 0 Å². The summed E-state index contributed by atoms with van der Waals surface area (Å²) in [7, 11) is 0. The predicted molar refractivity (Wildman–Crippen MR) is 41.6 cm³/mol. The molecule has 0 aliphatic heterocycles. The number of nitrogens with two attached hydrogens (primary N) is 1. The minimum Gasteiger partial charge on any atom is -0.388 e. The molecule has 0 spiro atoms. The van der Waals surface area contributed by atoms with Crippen molar-refractivity contribution >= 4 is 5.84 Å². The molecule has 0 aromatic heterocycles. The lowest BCUT2D eigenvalue weighted by Gasteiger charge is -1.90. The number of amidine groups is 1. The van der Waals surface area contributed by atoms with E-state index in [2.05, 4.69) is 4.99 Å². The highest BCUT2D eigenvalue weighted by Crippen LogP contribution is 1.97. The van der Waals surface area contributed by atoms with Crippen LogP contribution in [0.3, 0.4) is 0 Å². The van der Waals surface area contributed by atoms with E-state index in [9.17, 15) is 4.39 Å². The standard InChI is InChI=1S/C7H13FN2/c1-3-4-7(8)5-10-6(2)9/h4H,3,5H2,1-2H3,(H2,9,10)/b7-4+.